The summed E-state index contributed by atoms with van der Waals surface area (Å²) in [5.74, 6) is -2.69. The van der Waals surface area contributed by atoms with Crippen molar-refractivity contribution >= 4 is 39.4 Å². The fourth-order valence-electron chi connectivity index (χ4n) is 0.813. The molecule has 9 heteroatoms. The summed E-state index contributed by atoms with van der Waals surface area (Å²) >= 11 is 6.46. The molecular weight excluding hydrogens is 368 g/mol. The third-order valence-corrected chi connectivity index (χ3v) is 2.37. The van der Waals surface area contributed by atoms with Crippen LogP contribution in [0, 0.1) is 9.52 Å². The number of alkyl halides is 3. The lowest BCUT2D eigenvalue weighted by molar-refractivity contribution is -0.275. The molecule has 0 saturated heterocycles. The second-order valence-corrected chi connectivity index (χ2v) is 3.79. The molecule has 1 aromatic rings. The van der Waals surface area contributed by atoms with Crippen LogP contribution in [0.15, 0.2) is 6.20 Å². The highest BCUT2D eigenvalue weighted by Gasteiger charge is 2.34. The van der Waals surface area contributed by atoms with E-state index in [2.05, 4.69) is 9.72 Å². The second kappa shape index (κ2) is 4.70. The van der Waals surface area contributed by atoms with Gasteiger partial charge in [-0.3, -0.25) is 4.79 Å². The summed E-state index contributed by atoms with van der Waals surface area (Å²) in [6.07, 6.45) is -4.55. The first-order valence-corrected chi connectivity index (χ1v) is 4.97. The van der Waals surface area contributed by atoms with Crippen molar-refractivity contribution in [1.29, 1.82) is 0 Å². The van der Waals surface area contributed by atoms with Crippen LogP contribution >= 0.6 is 34.2 Å². The van der Waals surface area contributed by atoms with Gasteiger partial charge in [0.25, 0.3) is 5.24 Å². The molecule has 0 atom stereocenters. The first-order valence-electron chi connectivity index (χ1n) is 3.52. The van der Waals surface area contributed by atoms with Crippen LogP contribution in [0.2, 0.25) is 0 Å². The summed E-state index contributed by atoms with van der Waals surface area (Å²) in [7, 11) is 0. The largest absolute Gasteiger partial charge is 0.573 e. The summed E-state index contributed by atoms with van der Waals surface area (Å²) in [5, 5.41) is -1.25. The molecule has 0 aromatic carbocycles. The molecular formula is C7HClF4INO2. The molecule has 0 amide bonds. The predicted molar refractivity (Wildman–Crippen MR) is 53.8 cm³/mol. The van der Waals surface area contributed by atoms with E-state index in [1.807, 2.05) is 0 Å². The fraction of sp³-hybridized carbons (Fsp3) is 0.143. The highest BCUT2D eigenvalue weighted by Crippen LogP contribution is 2.29. The molecule has 0 aliphatic heterocycles. The number of nitrogens with zero attached hydrogens (tertiary/aromatic N) is 1. The van der Waals surface area contributed by atoms with Crippen LogP contribution in [0.25, 0.3) is 0 Å². The molecule has 0 saturated carbocycles. The van der Waals surface area contributed by atoms with Gasteiger partial charge in [0, 0.05) is 0 Å². The van der Waals surface area contributed by atoms with Gasteiger partial charge in [-0.15, -0.1) is 13.2 Å². The van der Waals surface area contributed by atoms with Gasteiger partial charge in [0.15, 0.2) is 11.6 Å². The highest BCUT2D eigenvalue weighted by atomic mass is 127. The number of rotatable bonds is 2. The minimum atomic E-state index is -5.07. The zero-order valence-electron chi connectivity index (χ0n) is 7.11. The molecule has 0 bridgehead atoms. The monoisotopic (exact) mass is 369 g/mol. The minimum Gasteiger partial charge on any atom is -0.401 e. The van der Waals surface area contributed by atoms with Crippen molar-refractivity contribution in [2.75, 3.05) is 0 Å². The van der Waals surface area contributed by atoms with Crippen molar-refractivity contribution in [3.05, 3.63) is 21.3 Å². The molecule has 3 nitrogen and oxygen atoms in total. The van der Waals surface area contributed by atoms with Gasteiger partial charge in [0.1, 0.15) is 9.26 Å². The molecule has 1 rings (SSSR count). The maximum Gasteiger partial charge on any atom is 0.573 e. The van der Waals surface area contributed by atoms with Gasteiger partial charge < -0.3 is 4.74 Å². The predicted octanol–water partition coefficient (Wildman–Crippen LogP) is 3.10. The number of carbonyl (C=O) groups is 1. The van der Waals surface area contributed by atoms with Crippen molar-refractivity contribution in [1.82, 2.24) is 4.98 Å². The maximum absolute atomic E-state index is 13.3. The molecule has 0 aliphatic carbocycles. The molecule has 0 fully saturated rings. The van der Waals surface area contributed by atoms with E-state index in [0.29, 0.717) is 6.20 Å². The zero-order valence-corrected chi connectivity index (χ0v) is 10.0. The van der Waals surface area contributed by atoms with Crippen LogP contribution in [0.1, 0.15) is 10.4 Å². The number of aromatic nitrogens is 1. The van der Waals surface area contributed by atoms with Gasteiger partial charge in [0.05, 0.1) is 6.20 Å². The number of hydrogen-bond donors (Lipinski definition) is 0. The van der Waals surface area contributed by atoms with Crippen molar-refractivity contribution in [2.45, 2.75) is 6.36 Å². The SMILES string of the molecule is O=C(Cl)c1c(I)ncc(OC(F)(F)F)c1F. The molecule has 0 aliphatic rings. The fourth-order valence-corrected chi connectivity index (χ4v) is 1.77. The molecule has 88 valence electrons. The van der Waals surface area contributed by atoms with Gasteiger partial charge >= 0.3 is 6.36 Å². The third-order valence-electron chi connectivity index (χ3n) is 1.36. The Hall–Kier alpha value is -0.640. The van der Waals surface area contributed by atoms with Crippen molar-refractivity contribution in [3.63, 3.8) is 0 Å². The molecule has 0 spiro atoms. The van der Waals surface area contributed by atoms with Crippen LogP contribution in [0.3, 0.4) is 0 Å². The second-order valence-electron chi connectivity index (χ2n) is 2.42. The van der Waals surface area contributed by atoms with E-state index in [-0.39, 0.29) is 3.70 Å². The topological polar surface area (TPSA) is 39.2 Å². The van der Waals surface area contributed by atoms with E-state index in [1.54, 1.807) is 0 Å². The average Bonchev–Trinajstić information content (AvgIpc) is 2.07. The van der Waals surface area contributed by atoms with E-state index in [0.717, 1.165) is 0 Å². The number of carbonyl (C=O) groups excluding carboxylic acids is 1. The van der Waals surface area contributed by atoms with Crippen molar-refractivity contribution < 1.29 is 27.1 Å². The summed E-state index contributed by atoms with van der Waals surface area (Å²) in [6.45, 7) is 0. The lowest BCUT2D eigenvalue weighted by atomic mass is 10.3. The van der Waals surface area contributed by atoms with Crippen molar-refractivity contribution in [2.24, 2.45) is 0 Å². The summed E-state index contributed by atoms with van der Waals surface area (Å²) in [5.41, 5.74) is -0.746. The van der Waals surface area contributed by atoms with Crippen LogP contribution < -0.4 is 4.74 Å². The Morgan fingerprint density at radius 3 is 2.50 bits per heavy atom. The van der Waals surface area contributed by atoms with Gasteiger partial charge in [-0.25, -0.2) is 9.37 Å². The number of halogens is 6. The Morgan fingerprint density at radius 1 is 1.50 bits per heavy atom. The summed E-state index contributed by atoms with van der Waals surface area (Å²) < 4.78 is 52.0. The smallest absolute Gasteiger partial charge is 0.401 e. The summed E-state index contributed by atoms with van der Waals surface area (Å²) in [6, 6.07) is 0. The van der Waals surface area contributed by atoms with Gasteiger partial charge in [-0.1, -0.05) is 0 Å². The van der Waals surface area contributed by atoms with Crippen molar-refractivity contribution in [3.8, 4) is 5.75 Å². The Morgan fingerprint density at radius 2 is 2.06 bits per heavy atom. The minimum absolute atomic E-state index is 0.148. The molecule has 16 heavy (non-hydrogen) atoms. The normalized spacial score (nSPS) is 11.4. The van der Waals surface area contributed by atoms with E-state index < -0.39 is 28.7 Å². The van der Waals surface area contributed by atoms with Crippen LogP contribution in [0.4, 0.5) is 17.6 Å². The van der Waals surface area contributed by atoms with Gasteiger partial charge in [0.2, 0.25) is 0 Å². The maximum atomic E-state index is 13.3. The number of pyridine rings is 1. The average molecular weight is 369 g/mol. The first-order chi connectivity index (χ1) is 7.22. The van der Waals surface area contributed by atoms with E-state index in [4.69, 9.17) is 11.6 Å². The first kappa shape index (κ1) is 13.4. The Balaban J connectivity index is 3.24. The highest BCUT2D eigenvalue weighted by molar-refractivity contribution is 14.1. The molecule has 0 unspecified atom stereocenters. The van der Waals surface area contributed by atoms with E-state index in [9.17, 15) is 22.4 Å². The number of ether oxygens (including phenoxy) is 1. The lowest BCUT2D eigenvalue weighted by Gasteiger charge is -2.10. The quantitative estimate of drug-likeness (QED) is 0.348. The summed E-state index contributed by atoms with van der Waals surface area (Å²) in [4.78, 5) is 14.1. The zero-order chi connectivity index (χ0) is 12.5. The van der Waals surface area contributed by atoms with Gasteiger partial charge in [-0.05, 0) is 34.2 Å². The van der Waals surface area contributed by atoms with Crippen LogP contribution in [0.5, 0.6) is 5.75 Å². The lowest BCUT2D eigenvalue weighted by Crippen LogP contribution is -2.19. The Labute approximate surface area is 105 Å². The van der Waals surface area contributed by atoms with E-state index in [1.165, 1.54) is 22.6 Å². The Bertz CT molecular complexity index is 437. The standard InChI is InChI=1S/C7HClF4INO2/c8-5(15)3-4(9)2(1-14-6(3)13)16-7(10,11)12/h1H. The molecule has 0 radical (unpaired) electrons. The van der Waals surface area contributed by atoms with Crippen LogP contribution in [-0.2, 0) is 0 Å². The van der Waals surface area contributed by atoms with Crippen LogP contribution in [-0.4, -0.2) is 16.6 Å². The molecule has 1 aromatic heterocycles. The van der Waals surface area contributed by atoms with E-state index >= 15 is 0 Å². The third kappa shape index (κ3) is 3.17. The Kier molecular flexibility index (Phi) is 3.94. The molecule has 0 N–H and O–H groups in total. The van der Waals surface area contributed by atoms with Gasteiger partial charge in [-0.2, -0.15) is 0 Å². The number of hydrogen-bond acceptors (Lipinski definition) is 3. The molecule has 1 heterocycles.